The molecule has 4 saturated carbocycles. The Balaban J connectivity index is 1.50. The summed E-state index contributed by atoms with van der Waals surface area (Å²) >= 11 is 0. The number of rotatable bonds is 5. The summed E-state index contributed by atoms with van der Waals surface area (Å²) in [5.41, 5.74) is 1.28. The van der Waals surface area contributed by atoms with E-state index >= 15 is 0 Å². The predicted molar refractivity (Wildman–Crippen MR) is 117 cm³/mol. The molecule has 0 amide bonds. The molecule has 0 aromatic carbocycles. The van der Waals surface area contributed by atoms with Gasteiger partial charge < -0.3 is 5.32 Å². The monoisotopic (exact) mass is 373 g/mol. The molecule has 0 aromatic heterocycles. The van der Waals surface area contributed by atoms with Crippen LogP contribution in [0.25, 0.3) is 0 Å². The van der Waals surface area contributed by atoms with Crippen LogP contribution in [0.5, 0.6) is 0 Å². The molecule has 156 valence electrons. The quantitative estimate of drug-likeness (QED) is 0.544. The van der Waals surface area contributed by atoms with Crippen LogP contribution < -0.4 is 5.32 Å². The van der Waals surface area contributed by atoms with E-state index < -0.39 is 0 Å². The topological polar surface area (TPSA) is 12.0 Å². The minimum Gasteiger partial charge on any atom is -0.317 e. The van der Waals surface area contributed by atoms with Gasteiger partial charge in [-0.1, -0.05) is 46.5 Å². The zero-order valence-electron chi connectivity index (χ0n) is 19.0. The van der Waals surface area contributed by atoms with Gasteiger partial charge in [-0.3, -0.25) is 0 Å². The first-order valence-corrected chi connectivity index (χ1v) is 12.6. The van der Waals surface area contributed by atoms with Gasteiger partial charge in [0.05, 0.1) is 0 Å². The third-order valence-electron chi connectivity index (χ3n) is 10.8. The highest BCUT2D eigenvalue weighted by atomic mass is 14.9. The lowest BCUT2D eigenvalue weighted by atomic mass is 9.43. The summed E-state index contributed by atoms with van der Waals surface area (Å²) < 4.78 is 0. The third-order valence-corrected chi connectivity index (χ3v) is 10.8. The Morgan fingerprint density at radius 2 is 1.56 bits per heavy atom. The summed E-state index contributed by atoms with van der Waals surface area (Å²) in [5, 5.41) is 3.61. The molecule has 1 heteroatoms. The van der Waals surface area contributed by atoms with E-state index in [0.29, 0.717) is 16.9 Å². The van der Waals surface area contributed by atoms with Crippen molar-refractivity contribution in [2.24, 2.45) is 46.3 Å². The van der Waals surface area contributed by atoms with Gasteiger partial charge in [0, 0.05) is 6.04 Å². The summed E-state index contributed by atoms with van der Waals surface area (Å²) in [6, 6.07) is 0.690. The smallest absolute Gasteiger partial charge is 0.00693 e. The van der Waals surface area contributed by atoms with Gasteiger partial charge in [-0.15, -0.1) is 0 Å². The van der Waals surface area contributed by atoms with Gasteiger partial charge >= 0.3 is 0 Å². The number of unbranched alkanes of at least 4 members (excludes halogenated alkanes) is 1. The van der Waals surface area contributed by atoms with Gasteiger partial charge in [-0.25, -0.2) is 0 Å². The lowest BCUT2D eigenvalue weighted by molar-refractivity contribution is -0.130. The number of hydrogen-bond donors (Lipinski definition) is 1. The van der Waals surface area contributed by atoms with Gasteiger partial charge in [-0.05, 0) is 112 Å². The Labute approximate surface area is 169 Å². The first-order chi connectivity index (χ1) is 12.9. The normalized spacial score (nSPS) is 50.6. The fraction of sp³-hybridized carbons (Fsp3) is 1.00. The molecular weight excluding hydrogens is 326 g/mol. The van der Waals surface area contributed by atoms with Gasteiger partial charge in [-0.2, -0.15) is 0 Å². The van der Waals surface area contributed by atoms with Crippen molar-refractivity contribution in [3.05, 3.63) is 0 Å². The second-order valence-electron chi connectivity index (χ2n) is 11.8. The zero-order valence-corrected chi connectivity index (χ0v) is 19.0. The predicted octanol–water partition coefficient (Wildman–Crippen LogP) is 7.06. The van der Waals surface area contributed by atoms with E-state index in [1.54, 1.807) is 32.1 Å². The van der Waals surface area contributed by atoms with E-state index in [-0.39, 0.29) is 0 Å². The summed E-state index contributed by atoms with van der Waals surface area (Å²) in [6.45, 7) is 10.3. The Kier molecular flexibility index (Phi) is 5.74. The van der Waals surface area contributed by atoms with Crippen LogP contribution in [0.2, 0.25) is 0 Å². The maximum Gasteiger partial charge on any atom is 0.00693 e. The van der Waals surface area contributed by atoms with Crippen LogP contribution in [0.4, 0.5) is 0 Å². The Morgan fingerprint density at radius 3 is 2.30 bits per heavy atom. The lowest BCUT2D eigenvalue weighted by Gasteiger charge is -2.62. The fourth-order valence-corrected chi connectivity index (χ4v) is 9.22. The fourth-order valence-electron chi connectivity index (χ4n) is 9.22. The maximum absolute atomic E-state index is 3.61. The van der Waals surface area contributed by atoms with Crippen molar-refractivity contribution in [2.45, 2.75) is 111 Å². The van der Waals surface area contributed by atoms with Crippen molar-refractivity contribution in [1.82, 2.24) is 5.32 Å². The largest absolute Gasteiger partial charge is 0.317 e. The van der Waals surface area contributed by atoms with E-state index in [4.69, 9.17) is 0 Å². The third kappa shape index (κ3) is 3.23. The SMILES string of the molecule is CCCCC1CCC2C(CCC3C4CCC(C(C)NC)C4(C)CCC23C)C1. The van der Waals surface area contributed by atoms with Crippen LogP contribution in [0.1, 0.15) is 105 Å². The minimum atomic E-state index is 0.609. The summed E-state index contributed by atoms with van der Waals surface area (Å²) in [5.74, 6) is 6.13. The molecule has 9 unspecified atom stereocenters. The van der Waals surface area contributed by atoms with Crippen molar-refractivity contribution in [3.8, 4) is 0 Å². The standard InChI is InChI=1S/C26H47N/c1-6-7-8-19-9-11-22-20(17-19)10-12-23-24-14-13-21(18(2)27-5)25(24,3)15-16-26(22,23)4/h18-24,27H,6-17H2,1-5H3. The second-order valence-corrected chi connectivity index (χ2v) is 11.8. The summed E-state index contributed by atoms with van der Waals surface area (Å²) in [7, 11) is 2.18. The molecule has 27 heavy (non-hydrogen) atoms. The molecule has 4 fully saturated rings. The van der Waals surface area contributed by atoms with E-state index in [0.717, 1.165) is 35.5 Å². The van der Waals surface area contributed by atoms with E-state index in [1.165, 1.54) is 44.9 Å². The van der Waals surface area contributed by atoms with Crippen molar-refractivity contribution < 1.29 is 0 Å². The van der Waals surface area contributed by atoms with Gasteiger partial charge in [0.2, 0.25) is 0 Å². The van der Waals surface area contributed by atoms with Crippen LogP contribution in [-0.4, -0.2) is 13.1 Å². The van der Waals surface area contributed by atoms with Crippen LogP contribution in [0.3, 0.4) is 0 Å². The zero-order chi connectivity index (χ0) is 19.2. The molecule has 0 radical (unpaired) electrons. The first kappa shape index (κ1) is 20.2. The molecule has 4 aliphatic carbocycles. The van der Waals surface area contributed by atoms with Crippen molar-refractivity contribution in [3.63, 3.8) is 0 Å². The molecule has 0 aliphatic heterocycles. The summed E-state index contributed by atoms with van der Waals surface area (Å²) in [6.07, 6.45) is 18.2. The molecule has 4 rings (SSSR count). The molecule has 0 spiro atoms. The second kappa shape index (κ2) is 7.66. The average molecular weight is 374 g/mol. The van der Waals surface area contributed by atoms with Gasteiger partial charge in [0.25, 0.3) is 0 Å². The molecule has 0 heterocycles. The van der Waals surface area contributed by atoms with Crippen molar-refractivity contribution >= 4 is 0 Å². The van der Waals surface area contributed by atoms with E-state index in [1.807, 2.05) is 0 Å². The molecule has 9 atom stereocenters. The Morgan fingerprint density at radius 1 is 0.889 bits per heavy atom. The highest BCUT2D eigenvalue weighted by molar-refractivity contribution is 5.11. The molecular formula is C26H47N. The Bertz CT molecular complexity index is 514. The number of hydrogen-bond acceptors (Lipinski definition) is 1. The molecule has 0 aromatic rings. The molecule has 0 saturated heterocycles. The number of nitrogens with one attached hydrogen (secondary N) is 1. The first-order valence-electron chi connectivity index (χ1n) is 12.6. The number of fused-ring (bicyclic) bond motifs is 5. The van der Waals surface area contributed by atoms with Crippen LogP contribution in [0.15, 0.2) is 0 Å². The van der Waals surface area contributed by atoms with Crippen LogP contribution >= 0.6 is 0 Å². The molecule has 4 aliphatic rings. The maximum atomic E-state index is 3.61. The van der Waals surface area contributed by atoms with E-state index in [2.05, 4.69) is 40.1 Å². The van der Waals surface area contributed by atoms with E-state index in [9.17, 15) is 0 Å². The molecule has 1 nitrogen and oxygen atoms in total. The molecule has 0 bridgehead atoms. The Hall–Kier alpha value is -0.0400. The van der Waals surface area contributed by atoms with Crippen molar-refractivity contribution in [1.29, 1.82) is 0 Å². The minimum absolute atomic E-state index is 0.609. The van der Waals surface area contributed by atoms with Crippen LogP contribution in [0, 0.1) is 46.3 Å². The highest BCUT2D eigenvalue weighted by Crippen LogP contribution is 2.69. The molecule has 1 N–H and O–H groups in total. The highest BCUT2D eigenvalue weighted by Gasteiger charge is 2.61. The van der Waals surface area contributed by atoms with Crippen LogP contribution in [-0.2, 0) is 0 Å². The lowest BCUT2D eigenvalue weighted by Crippen LogP contribution is -2.55. The van der Waals surface area contributed by atoms with Gasteiger partial charge in [0.15, 0.2) is 0 Å². The van der Waals surface area contributed by atoms with Crippen molar-refractivity contribution in [2.75, 3.05) is 7.05 Å². The van der Waals surface area contributed by atoms with Gasteiger partial charge in [0.1, 0.15) is 0 Å². The summed E-state index contributed by atoms with van der Waals surface area (Å²) in [4.78, 5) is 0. The average Bonchev–Trinajstić information content (AvgIpc) is 3.02.